The Balaban J connectivity index is 1.96. The molecule has 2 N–H and O–H groups in total. The molecule has 12 heteroatoms. The van der Waals surface area contributed by atoms with Gasteiger partial charge in [0.2, 0.25) is 12.2 Å². The van der Waals surface area contributed by atoms with Gasteiger partial charge in [0.1, 0.15) is 0 Å². The number of halogens is 2. The van der Waals surface area contributed by atoms with Crippen molar-refractivity contribution in [3.63, 3.8) is 0 Å². The summed E-state index contributed by atoms with van der Waals surface area (Å²) >= 11 is 11.6. The first-order chi connectivity index (χ1) is 18.1. The predicted molar refractivity (Wildman–Crippen MR) is 135 cm³/mol. The van der Waals surface area contributed by atoms with Crippen LogP contribution in [-0.4, -0.2) is 54.2 Å². The molecule has 0 aliphatic rings. The lowest BCUT2D eigenvalue weighted by Crippen LogP contribution is -2.48. The number of esters is 3. The number of methoxy groups -OCH3 is 1. The molecule has 196 valence electrons. The fourth-order valence-corrected chi connectivity index (χ4v) is 3.37. The minimum Gasteiger partial charge on any atom is -0.478 e. The van der Waals surface area contributed by atoms with Crippen LogP contribution in [0.25, 0.3) is 0 Å². The highest BCUT2D eigenvalue weighted by Crippen LogP contribution is 2.20. The standard InChI is InChI=1S/C26H19Cl2NO9/c1-36-26(35)18-4-2-3-5-19(18)29-22(30)20(37-24(33)14-6-10-16(27)11-7-14)21(23(31)32)38-25(34)15-8-12-17(28)13-9-15/h2-13,20-21H,1H3,(H,29,30)(H,31,32)/t20-,21+/m0/s1. The van der Waals surface area contributed by atoms with E-state index in [1.54, 1.807) is 0 Å². The molecule has 0 aliphatic carbocycles. The highest BCUT2D eigenvalue weighted by Gasteiger charge is 2.41. The Morgan fingerprint density at radius 2 is 1.18 bits per heavy atom. The number of amides is 1. The summed E-state index contributed by atoms with van der Waals surface area (Å²) in [6.45, 7) is 0. The van der Waals surface area contributed by atoms with E-state index in [0.29, 0.717) is 10.0 Å². The molecule has 0 saturated heterocycles. The van der Waals surface area contributed by atoms with Crippen molar-refractivity contribution < 1.29 is 43.3 Å². The SMILES string of the molecule is COC(=O)c1ccccc1NC(=O)[C@@H](OC(=O)c1ccc(Cl)cc1)[C@@H](OC(=O)c1ccc(Cl)cc1)C(=O)O. The molecule has 0 aromatic heterocycles. The van der Waals surface area contributed by atoms with Gasteiger partial charge in [0, 0.05) is 10.0 Å². The largest absolute Gasteiger partial charge is 0.478 e. The van der Waals surface area contributed by atoms with E-state index in [2.05, 4.69) is 10.1 Å². The summed E-state index contributed by atoms with van der Waals surface area (Å²) in [6, 6.07) is 16.4. The number of carboxylic acids is 1. The van der Waals surface area contributed by atoms with Crippen molar-refractivity contribution in [1.29, 1.82) is 0 Å². The van der Waals surface area contributed by atoms with Crippen LogP contribution in [0.15, 0.2) is 72.8 Å². The number of hydrogen-bond acceptors (Lipinski definition) is 8. The van der Waals surface area contributed by atoms with Crippen LogP contribution in [0.2, 0.25) is 10.0 Å². The monoisotopic (exact) mass is 559 g/mol. The molecule has 3 rings (SSSR count). The third kappa shape index (κ3) is 7.09. The van der Waals surface area contributed by atoms with Gasteiger partial charge in [0.15, 0.2) is 0 Å². The van der Waals surface area contributed by atoms with E-state index in [9.17, 15) is 29.1 Å². The topological polar surface area (TPSA) is 145 Å². The lowest BCUT2D eigenvalue weighted by molar-refractivity contribution is -0.157. The van der Waals surface area contributed by atoms with Gasteiger partial charge in [0.25, 0.3) is 5.91 Å². The number of carbonyl (C=O) groups is 5. The highest BCUT2D eigenvalue weighted by molar-refractivity contribution is 6.31. The van der Waals surface area contributed by atoms with Crippen LogP contribution in [0.5, 0.6) is 0 Å². The van der Waals surface area contributed by atoms with Crippen molar-refractivity contribution in [2.45, 2.75) is 12.2 Å². The zero-order valence-corrected chi connectivity index (χ0v) is 21.1. The average Bonchev–Trinajstić information content (AvgIpc) is 2.90. The zero-order valence-electron chi connectivity index (χ0n) is 19.6. The molecule has 0 fully saturated rings. The van der Waals surface area contributed by atoms with Gasteiger partial charge in [-0.1, -0.05) is 35.3 Å². The first-order valence-corrected chi connectivity index (χ1v) is 11.5. The Kier molecular flexibility index (Phi) is 9.42. The number of aliphatic carboxylic acids is 1. The minimum absolute atomic E-state index is 0.0591. The van der Waals surface area contributed by atoms with E-state index in [0.717, 1.165) is 7.11 Å². The quantitative estimate of drug-likeness (QED) is 0.290. The predicted octanol–water partition coefficient (Wildman–Crippen LogP) is 4.25. The van der Waals surface area contributed by atoms with Crippen molar-refractivity contribution in [1.82, 2.24) is 0 Å². The molecular weight excluding hydrogens is 541 g/mol. The molecular formula is C26H19Cl2NO9. The lowest BCUT2D eigenvalue weighted by atomic mass is 10.1. The number of anilines is 1. The van der Waals surface area contributed by atoms with Gasteiger partial charge in [0.05, 0.1) is 29.5 Å². The molecule has 1 amide bonds. The van der Waals surface area contributed by atoms with E-state index >= 15 is 0 Å². The molecule has 0 aliphatic heterocycles. The van der Waals surface area contributed by atoms with Crippen LogP contribution >= 0.6 is 23.2 Å². The van der Waals surface area contributed by atoms with Crippen molar-refractivity contribution >= 4 is 58.7 Å². The van der Waals surface area contributed by atoms with E-state index in [1.165, 1.54) is 72.8 Å². The van der Waals surface area contributed by atoms with Crippen molar-refractivity contribution in [3.8, 4) is 0 Å². The number of hydrogen-bond donors (Lipinski definition) is 2. The number of rotatable bonds is 9. The third-order valence-corrected chi connectivity index (χ3v) is 5.50. The third-order valence-electron chi connectivity index (χ3n) is 4.99. The summed E-state index contributed by atoms with van der Waals surface area (Å²) < 4.78 is 15.0. The Labute approximate surface area is 226 Å². The maximum absolute atomic E-state index is 13.3. The second-order valence-electron chi connectivity index (χ2n) is 7.53. The molecule has 0 bridgehead atoms. The van der Waals surface area contributed by atoms with E-state index in [4.69, 9.17) is 32.7 Å². The highest BCUT2D eigenvalue weighted by atomic mass is 35.5. The van der Waals surface area contributed by atoms with Gasteiger partial charge in [-0.2, -0.15) is 0 Å². The summed E-state index contributed by atoms with van der Waals surface area (Å²) in [6.07, 6.45) is -4.46. The summed E-state index contributed by atoms with van der Waals surface area (Å²) in [5.41, 5.74) is -0.253. The number of nitrogens with one attached hydrogen (secondary N) is 1. The second-order valence-corrected chi connectivity index (χ2v) is 8.40. The number of ether oxygens (including phenoxy) is 3. The van der Waals surface area contributed by atoms with Crippen LogP contribution in [0.1, 0.15) is 31.1 Å². The molecule has 38 heavy (non-hydrogen) atoms. The smallest absolute Gasteiger partial charge is 0.349 e. The van der Waals surface area contributed by atoms with Crippen LogP contribution in [0.3, 0.4) is 0 Å². The van der Waals surface area contributed by atoms with E-state index in [1.807, 2.05) is 0 Å². The van der Waals surface area contributed by atoms with Crippen LogP contribution in [0, 0.1) is 0 Å². The maximum Gasteiger partial charge on any atom is 0.349 e. The van der Waals surface area contributed by atoms with Crippen LogP contribution in [0.4, 0.5) is 5.69 Å². The van der Waals surface area contributed by atoms with Crippen LogP contribution in [-0.2, 0) is 23.8 Å². The Hall–Kier alpha value is -4.41. The Morgan fingerprint density at radius 1 is 0.711 bits per heavy atom. The zero-order chi connectivity index (χ0) is 27.8. The average molecular weight is 560 g/mol. The van der Waals surface area contributed by atoms with Gasteiger partial charge < -0.3 is 24.6 Å². The number of para-hydroxylation sites is 1. The number of benzene rings is 3. The minimum atomic E-state index is -2.28. The molecule has 0 radical (unpaired) electrons. The van der Waals surface area contributed by atoms with Gasteiger partial charge in [-0.05, 0) is 60.7 Å². The molecule has 2 atom stereocenters. The Bertz CT molecular complexity index is 1360. The molecule has 10 nitrogen and oxygen atoms in total. The molecule has 0 heterocycles. The normalized spacial score (nSPS) is 12.0. The lowest BCUT2D eigenvalue weighted by Gasteiger charge is -2.24. The molecule has 3 aromatic carbocycles. The van der Waals surface area contributed by atoms with Crippen LogP contribution < -0.4 is 5.32 Å². The molecule has 0 spiro atoms. The molecule has 3 aromatic rings. The first-order valence-electron chi connectivity index (χ1n) is 10.7. The molecule has 0 saturated carbocycles. The first kappa shape index (κ1) is 28.2. The van der Waals surface area contributed by atoms with Gasteiger partial charge >= 0.3 is 23.9 Å². The fourth-order valence-electron chi connectivity index (χ4n) is 3.12. The summed E-state index contributed by atoms with van der Waals surface area (Å²) in [7, 11) is 1.13. The van der Waals surface area contributed by atoms with Crippen molar-refractivity contribution in [2.24, 2.45) is 0 Å². The maximum atomic E-state index is 13.3. The number of carboxylic acid groups (broad SMARTS) is 1. The van der Waals surface area contributed by atoms with Crippen molar-refractivity contribution in [2.75, 3.05) is 12.4 Å². The number of carbonyl (C=O) groups excluding carboxylic acids is 4. The van der Waals surface area contributed by atoms with Gasteiger partial charge in [-0.15, -0.1) is 0 Å². The van der Waals surface area contributed by atoms with Gasteiger partial charge in [-0.25, -0.2) is 19.2 Å². The van der Waals surface area contributed by atoms with E-state index < -0.39 is 42.0 Å². The molecule has 0 unspecified atom stereocenters. The summed E-state index contributed by atoms with van der Waals surface area (Å²) in [4.78, 5) is 63.0. The summed E-state index contributed by atoms with van der Waals surface area (Å²) in [5, 5.41) is 12.8. The Morgan fingerprint density at radius 3 is 1.66 bits per heavy atom. The summed E-state index contributed by atoms with van der Waals surface area (Å²) in [5.74, 6) is -5.99. The van der Waals surface area contributed by atoms with Gasteiger partial charge in [-0.3, -0.25) is 4.79 Å². The van der Waals surface area contributed by atoms with E-state index in [-0.39, 0.29) is 22.4 Å². The fraction of sp³-hybridized carbons (Fsp3) is 0.115. The second kappa shape index (κ2) is 12.7. The van der Waals surface area contributed by atoms with Crippen molar-refractivity contribution in [3.05, 3.63) is 99.5 Å².